The molecule has 1 aromatic rings. The fraction of sp³-hybridized carbons (Fsp3) is 0.182. The molecule has 1 aliphatic heterocycles. The van der Waals surface area contributed by atoms with Crippen molar-refractivity contribution in [3.8, 4) is 0 Å². The average molecular weight is 334 g/mol. The molecule has 1 aliphatic rings. The van der Waals surface area contributed by atoms with E-state index in [4.69, 9.17) is 5.73 Å². The summed E-state index contributed by atoms with van der Waals surface area (Å²) in [4.78, 5) is 39.3. The highest BCUT2D eigenvalue weighted by Gasteiger charge is 2.34. The number of amides is 2. The van der Waals surface area contributed by atoms with Crippen LogP contribution in [0.4, 0.5) is 14.5 Å². The van der Waals surface area contributed by atoms with Crippen LogP contribution in [0.1, 0.15) is 23.2 Å². The summed E-state index contributed by atoms with van der Waals surface area (Å²) in [6.07, 6.45) is -0.171. The third-order valence-electron chi connectivity index (χ3n) is 2.87. The number of carbonyl (C=O) groups excluding carboxylic acids is 3. The van der Waals surface area contributed by atoms with Gasteiger partial charge in [-0.1, -0.05) is 0 Å². The van der Waals surface area contributed by atoms with Crippen molar-refractivity contribution >= 4 is 52.6 Å². The van der Waals surface area contributed by atoms with Gasteiger partial charge in [0.05, 0.1) is 5.56 Å². The van der Waals surface area contributed by atoms with Crippen LogP contribution in [0.15, 0.2) is 0 Å². The molecule has 1 aromatic carbocycles. The maximum absolute atomic E-state index is 13.7. The van der Waals surface area contributed by atoms with E-state index in [9.17, 15) is 23.2 Å². The molecule has 2 amide bonds. The van der Waals surface area contributed by atoms with Gasteiger partial charge in [0.25, 0.3) is 11.8 Å². The van der Waals surface area contributed by atoms with Gasteiger partial charge < -0.3 is 10.6 Å². The summed E-state index contributed by atoms with van der Waals surface area (Å²) in [5.74, 6) is -4.88. The first-order valence-electron chi connectivity index (χ1n) is 5.65. The van der Waals surface area contributed by atoms with Crippen LogP contribution in [-0.2, 0) is 14.4 Å². The summed E-state index contributed by atoms with van der Waals surface area (Å²) < 4.78 is 27.4. The van der Waals surface area contributed by atoms with Gasteiger partial charge >= 0.3 is 5.97 Å². The SMILES string of the molecule is Nc1c(F)c(P)c(C(=O)ON2C(=O)CCC2=O)c(P)c1F. The zero-order valence-corrected chi connectivity index (χ0v) is 12.8. The fourth-order valence-electron chi connectivity index (χ4n) is 1.76. The molecule has 21 heavy (non-hydrogen) atoms. The quantitative estimate of drug-likeness (QED) is 0.458. The van der Waals surface area contributed by atoms with E-state index in [-0.39, 0.29) is 23.5 Å². The Kier molecular flexibility index (Phi) is 4.21. The number of nitrogens with zero attached hydrogens (tertiary/aromatic N) is 1. The first-order chi connectivity index (χ1) is 9.75. The van der Waals surface area contributed by atoms with E-state index in [1.807, 2.05) is 18.5 Å². The molecule has 1 fully saturated rings. The zero-order valence-electron chi connectivity index (χ0n) is 10.5. The van der Waals surface area contributed by atoms with Crippen molar-refractivity contribution in [3.05, 3.63) is 17.2 Å². The van der Waals surface area contributed by atoms with E-state index in [1.165, 1.54) is 0 Å². The van der Waals surface area contributed by atoms with E-state index in [1.54, 1.807) is 0 Å². The Hall–Kier alpha value is -1.65. The number of imide groups is 1. The average Bonchev–Trinajstić information content (AvgIpc) is 2.75. The largest absolute Gasteiger partial charge is 0.394 e. The number of nitrogens with two attached hydrogens (primary N) is 1. The highest BCUT2D eigenvalue weighted by Crippen LogP contribution is 2.20. The smallest absolute Gasteiger partial charge is 0.365 e. The van der Waals surface area contributed by atoms with Crippen LogP contribution in [0.25, 0.3) is 0 Å². The minimum Gasteiger partial charge on any atom is -0.394 e. The molecular formula is C11H10F2N2O4P2. The van der Waals surface area contributed by atoms with Crippen LogP contribution < -0.4 is 16.3 Å². The third kappa shape index (κ3) is 2.61. The van der Waals surface area contributed by atoms with Gasteiger partial charge in [0.1, 0.15) is 5.69 Å². The number of hydroxylamine groups is 2. The molecule has 0 radical (unpaired) electrons. The van der Waals surface area contributed by atoms with Crippen molar-refractivity contribution in [2.24, 2.45) is 0 Å². The normalized spacial score (nSPS) is 14.8. The van der Waals surface area contributed by atoms with E-state index in [0.29, 0.717) is 5.06 Å². The van der Waals surface area contributed by atoms with Gasteiger partial charge in [0.15, 0.2) is 11.6 Å². The van der Waals surface area contributed by atoms with Crippen molar-refractivity contribution in [2.75, 3.05) is 5.73 Å². The number of nitrogen functional groups attached to an aromatic ring is 1. The predicted molar refractivity (Wildman–Crippen MR) is 76.0 cm³/mol. The molecule has 10 heteroatoms. The summed E-state index contributed by atoms with van der Waals surface area (Å²) in [6.45, 7) is 0. The Labute approximate surface area is 122 Å². The van der Waals surface area contributed by atoms with Gasteiger partial charge in [0, 0.05) is 23.5 Å². The van der Waals surface area contributed by atoms with Gasteiger partial charge in [0.2, 0.25) is 0 Å². The lowest BCUT2D eigenvalue weighted by Crippen LogP contribution is -2.36. The second-order valence-corrected chi connectivity index (χ2v) is 5.36. The molecule has 2 atom stereocenters. The van der Waals surface area contributed by atoms with Crippen molar-refractivity contribution in [1.82, 2.24) is 5.06 Å². The molecule has 0 bridgehead atoms. The van der Waals surface area contributed by atoms with Crippen LogP contribution in [0.3, 0.4) is 0 Å². The highest BCUT2D eigenvalue weighted by atomic mass is 31.0. The van der Waals surface area contributed by atoms with Gasteiger partial charge in [-0.15, -0.1) is 23.5 Å². The van der Waals surface area contributed by atoms with E-state index in [2.05, 4.69) is 4.84 Å². The van der Waals surface area contributed by atoms with Crippen LogP contribution in [-0.4, -0.2) is 22.8 Å². The van der Waals surface area contributed by atoms with Crippen molar-refractivity contribution in [2.45, 2.75) is 12.8 Å². The number of halogens is 2. The monoisotopic (exact) mass is 334 g/mol. The number of benzene rings is 1. The third-order valence-corrected chi connectivity index (χ3v) is 3.95. The second-order valence-electron chi connectivity index (χ2n) is 4.20. The van der Waals surface area contributed by atoms with E-state index >= 15 is 0 Å². The molecule has 6 nitrogen and oxygen atoms in total. The summed E-state index contributed by atoms with van der Waals surface area (Å²) in [7, 11) is 3.81. The van der Waals surface area contributed by atoms with Crippen LogP contribution in [0.5, 0.6) is 0 Å². The molecule has 2 unspecified atom stereocenters. The van der Waals surface area contributed by atoms with Gasteiger partial charge in [-0.25, -0.2) is 13.6 Å². The predicted octanol–water partition coefficient (Wildman–Crippen LogP) is -0.231. The van der Waals surface area contributed by atoms with Gasteiger partial charge in [-0.3, -0.25) is 9.59 Å². The molecule has 0 saturated carbocycles. The molecule has 0 aromatic heterocycles. The maximum Gasteiger partial charge on any atom is 0.365 e. The summed E-state index contributed by atoms with van der Waals surface area (Å²) in [5.41, 5.74) is 4.00. The van der Waals surface area contributed by atoms with Crippen molar-refractivity contribution in [1.29, 1.82) is 0 Å². The molecular weight excluding hydrogens is 324 g/mol. The Morgan fingerprint density at radius 1 is 1.10 bits per heavy atom. The number of hydrogen-bond donors (Lipinski definition) is 1. The zero-order chi connectivity index (χ0) is 15.9. The first-order valence-corrected chi connectivity index (χ1v) is 6.80. The lowest BCUT2D eigenvalue weighted by Gasteiger charge is -2.16. The number of carbonyl (C=O) groups is 3. The number of rotatable bonds is 2. The number of hydrogen-bond acceptors (Lipinski definition) is 5. The summed E-state index contributed by atoms with van der Waals surface area (Å²) in [5, 5.41) is -0.339. The molecule has 1 heterocycles. The van der Waals surface area contributed by atoms with Crippen LogP contribution in [0, 0.1) is 11.6 Å². The molecule has 1 saturated heterocycles. The minimum absolute atomic E-state index is 0.0853. The first kappa shape index (κ1) is 15.7. The minimum atomic E-state index is -1.23. The molecule has 0 spiro atoms. The van der Waals surface area contributed by atoms with Gasteiger partial charge in [-0.05, 0) is 0 Å². The topological polar surface area (TPSA) is 89.7 Å². The fourth-order valence-corrected chi connectivity index (χ4v) is 2.78. The van der Waals surface area contributed by atoms with E-state index in [0.717, 1.165) is 0 Å². The highest BCUT2D eigenvalue weighted by molar-refractivity contribution is 7.30. The molecule has 2 N–H and O–H groups in total. The summed E-state index contributed by atoms with van der Waals surface area (Å²) >= 11 is 0. The molecule has 0 aliphatic carbocycles. The second kappa shape index (κ2) is 5.62. The summed E-state index contributed by atoms with van der Waals surface area (Å²) in [6, 6.07) is 0. The van der Waals surface area contributed by atoms with E-state index < -0.39 is 40.7 Å². The molecule has 2 rings (SSSR count). The molecule has 112 valence electrons. The maximum atomic E-state index is 13.7. The standard InChI is InChI=1S/C11H10F2N2O4P2/c12-6-8(14)7(13)10(21)5(9(6)20)11(18)19-15-3(16)1-2-4(15)17/h1-2,14,20-21H2. The lowest BCUT2D eigenvalue weighted by molar-refractivity contribution is -0.172. The Morgan fingerprint density at radius 3 is 1.95 bits per heavy atom. The Morgan fingerprint density at radius 2 is 1.52 bits per heavy atom. The Balaban J connectivity index is 2.41. The number of anilines is 1. The van der Waals surface area contributed by atoms with Crippen molar-refractivity contribution in [3.63, 3.8) is 0 Å². The Bertz CT molecular complexity index is 636. The van der Waals surface area contributed by atoms with Crippen molar-refractivity contribution < 1.29 is 28.0 Å². The van der Waals surface area contributed by atoms with Crippen LogP contribution >= 0.6 is 18.5 Å². The lowest BCUT2D eigenvalue weighted by atomic mass is 10.2. The van der Waals surface area contributed by atoms with Gasteiger partial charge in [-0.2, -0.15) is 0 Å². The van der Waals surface area contributed by atoms with Crippen LogP contribution in [0.2, 0.25) is 0 Å².